The van der Waals surface area contributed by atoms with Crippen LogP contribution in [-0.4, -0.2) is 171 Å². The molecule has 0 aliphatic heterocycles. The highest BCUT2D eigenvalue weighted by Crippen LogP contribution is 2.25. The molecule has 0 aliphatic carbocycles. The van der Waals surface area contributed by atoms with Crippen LogP contribution in [0.4, 0.5) is 0 Å². The van der Waals surface area contributed by atoms with Crippen LogP contribution in [0.25, 0.3) is 0 Å². The summed E-state index contributed by atoms with van der Waals surface area (Å²) in [6.07, 6.45) is 5.07. The molecular weight excluding hydrogens is 725 g/mol. The largest absolute Gasteiger partial charge is 0.437 e. The standard InChI is InChI=1S/C36H80O13Si3/c1-9-10-14-37-15-11-16-38-17-12-18-39-20-22-41-24-26-43-28-30-45-32-34-47-35-33-46-31-29-44-27-25-42-23-21-40-19-13-36-52(8,48-50(2,3)4)49-51(5,6)7/h9-36H2,1-8H3. The molecule has 0 aromatic heterocycles. The van der Waals surface area contributed by atoms with Crippen molar-refractivity contribution < 1.29 is 60.3 Å². The van der Waals surface area contributed by atoms with E-state index in [2.05, 4.69) is 52.8 Å². The van der Waals surface area contributed by atoms with Crippen molar-refractivity contribution >= 4 is 25.2 Å². The fourth-order valence-corrected chi connectivity index (χ4v) is 17.3. The normalized spacial score (nSPS) is 12.7. The Morgan fingerprint density at radius 3 is 0.731 bits per heavy atom. The summed E-state index contributed by atoms with van der Waals surface area (Å²) in [6, 6.07) is 0.957. The molecule has 0 aromatic carbocycles. The molecule has 314 valence electrons. The third-order valence-electron chi connectivity index (χ3n) is 6.74. The Bertz CT molecular complexity index is 715. The van der Waals surface area contributed by atoms with Gasteiger partial charge in [0.2, 0.25) is 0 Å². The first-order valence-corrected chi connectivity index (χ1v) is 29.1. The Morgan fingerprint density at radius 1 is 0.269 bits per heavy atom. The monoisotopic (exact) mass is 804 g/mol. The Morgan fingerprint density at radius 2 is 0.481 bits per heavy atom. The van der Waals surface area contributed by atoms with Gasteiger partial charge >= 0.3 is 8.56 Å². The van der Waals surface area contributed by atoms with Crippen LogP contribution in [0.1, 0.15) is 39.0 Å². The maximum atomic E-state index is 6.54. The van der Waals surface area contributed by atoms with Gasteiger partial charge < -0.3 is 60.3 Å². The first kappa shape index (κ1) is 52.1. The number of rotatable bonds is 43. The molecule has 0 fully saturated rings. The van der Waals surface area contributed by atoms with Gasteiger partial charge in [-0.25, -0.2) is 0 Å². The minimum absolute atomic E-state index is 0.519. The third kappa shape index (κ3) is 42.9. The summed E-state index contributed by atoms with van der Waals surface area (Å²) in [4.78, 5) is 0. The maximum Gasteiger partial charge on any atom is 0.314 e. The summed E-state index contributed by atoms with van der Waals surface area (Å²) in [6.45, 7) is 30.8. The summed E-state index contributed by atoms with van der Waals surface area (Å²) >= 11 is 0. The number of hydrogen-bond donors (Lipinski definition) is 0. The predicted octanol–water partition coefficient (Wildman–Crippen LogP) is 5.91. The molecule has 0 amide bonds. The van der Waals surface area contributed by atoms with Crippen LogP contribution in [0.5, 0.6) is 0 Å². The molecule has 0 aromatic rings. The Labute approximate surface area is 321 Å². The van der Waals surface area contributed by atoms with E-state index in [1.54, 1.807) is 0 Å². The van der Waals surface area contributed by atoms with Crippen LogP contribution >= 0.6 is 0 Å². The molecule has 0 heterocycles. The van der Waals surface area contributed by atoms with Crippen molar-refractivity contribution in [1.82, 2.24) is 0 Å². The minimum atomic E-state index is -2.19. The van der Waals surface area contributed by atoms with Crippen molar-refractivity contribution in [1.29, 1.82) is 0 Å². The van der Waals surface area contributed by atoms with Gasteiger partial charge in [0.1, 0.15) is 0 Å². The molecule has 0 saturated heterocycles. The molecule has 0 bridgehead atoms. The second-order valence-electron chi connectivity index (χ2n) is 14.5. The van der Waals surface area contributed by atoms with E-state index < -0.39 is 25.2 Å². The summed E-state index contributed by atoms with van der Waals surface area (Å²) < 4.78 is 74.3. The lowest BCUT2D eigenvalue weighted by Gasteiger charge is -2.38. The molecule has 0 rings (SSSR count). The van der Waals surface area contributed by atoms with Crippen molar-refractivity contribution in [2.24, 2.45) is 0 Å². The van der Waals surface area contributed by atoms with Crippen LogP contribution in [-0.2, 0) is 60.3 Å². The van der Waals surface area contributed by atoms with E-state index in [1.165, 1.54) is 6.42 Å². The van der Waals surface area contributed by atoms with Crippen LogP contribution in [0.15, 0.2) is 0 Å². The summed E-state index contributed by atoms with van der Waals surface area (Å²) in [5.41, 5.74) is 0. The van der Waals surface area contributed by atoms with Crippen molar-refractivity contribution in [3.05, 3.63) is 0 Å². The van der Waals surface area contributed by atoms with E-state index in [-0.39, 0.29) is 0 Å². The molecule has 0 spiro atoms. The fourth-order valence-electron chi connectivity index (χ4n) is 4.75. The van der Waals surface area contributed by atoms with Crippen LogP contribution in [0.3, 0.4) is 0 Å². The highest BCUT2D eigenvalue weighted by molar-refractivity contribution is 6.87. The molecule has 0 radical (unpaired) electrons. The van der Waals surface area contributed by atoms with E-state index >= 15 is 0 Å². The van der Waals surface area contributed by atoms with Gasteiger partial charge in [-0.3, -0.25) is 0 Å². The van der Waals surface area contributed by atoms with Gasteiger partial charge in [-0.15, -0.1) is 0 Å². The van der Waals surface area contributed by atoms with E-state index in [9.17, 15) is 0 Å². The molecule has 16 heteroatoms. The van der Waals surface area contributed by atoms with Gasteiger partial charge in [0.25, 0.3) is 0 Å². The molecule has 0 unspecified atom stereocenters. The minimum Gasteiger partial charge on any atom is -0.437 e. The number of ether oxygens (including phenoxy) is 11. The average molecular weight is 805 g/mol. The molecule has 0 saturated carbocycles. The lowest BCUT2D eigenvalue weighted by Crippen LogP contribution is -2.52. The zero-order chi connectivity index (χ0) is 38.5. The van der Waals surface area contributed by atoms with Crippen molar-refractivity contribution in [2.75, 3.05) is 145 Å². The van der Waals surface area contributed by atoms with E-state index in [0.717, 1.165) is 51.5 Å². The fraction of sp³-hybridized carbons (Fsp3) is 1.00. The molecule has 0 atom stereocenters. The summed E-state index contributed by atoms with van der Waals surface area (Å²) in [5.74, 6) is 0. The summed E-state index contributed by atoms with van der Waals surface area (Å²) in [5, 5.41) is 0. The quantitative estimate of drug-likeness (QED) is 0.0537. The zero-order valence-electron chi connectivity index (χ0n) is 34.6. The SMILES string of the molecule is CCCCOCCCOCCCOCCOCCOCCOCCOCCOCCOCCOCCOCCC[Si](C)(O[Si](C)(C)C)O[Si](C)(C)C. The Hall–Kier alpha value is 0.131. The zero-order valence-corrected chi connectivity index (χ0v) is 37.6. The Kier molecular flexibility index (Phi) is 36.8. The molecule has 13 nitrogen and oxygen atoms in total. The van der Waals surface area contributed by atoms with Crippen LogP contribution < -0.4 is 0 Å². The first-order valence-electron chi connectivity index (χ1n) is 19.7. The predicted molar refractivity (Wildman–Crippen MR) is 213 cm³/mol. The lowest BCUT2D eigenvalue weighted by molar-refractivity contribution is -0.0253. The Balaban J connectivity index is 3.27. The third-order valence-corrected chi connectivity index (χ3v) is 16.4. The second-order valence-corrected chi connectivity index (χ2v) is 27.3. The average Bonchev–Trinajstić information content (AvgIpc) is 3.06. The van der Waals surface area contributed by atoms with Crippen LogP contribution in [0, 0.1) is 0 Å². The second kappa shape index (κ2) is 36.8. The maximum absolute atomic E-state index is 6.54. The van der Waals surface area contributed by atoms with E-state index in [0.29, 0.717) is 126 Å². The van der Waals surface area contributed by atoms with Gasteiger partial charge in [-0.05, 0) is 77.6 Å². The van der Waals surface area contributed by atoms with Gasteiger partial charge in [0.15, 0.2) is 16.6 Å². The number of unbranched alkanes of at least 4 members (excludes halogenated alkanes) is 1. The van der Waals surface area contributed by atoms with Gasteiger partial charge in [0, 0.05) is 39.6 Å². The first-order chi connectivity index (χ1) is 25.0. The smallest absolute Gasteiger partial charge is 0.314 e. The highest BCUT2D eigenvalue weighted by atomic mass is 28.5. The molecule has 0 N–H and O–H groups in total. The van der Waals surface area contributed by atoms with Gasteiger partial charge in [-0.1, -0.05) is 13.3 Å². The number of hydrogen-bond acceptors (Lipinski definition) is 13. The van der Waals surface area contributed by atoms with E-state index in [1.807, 2.05) is 0 Å². The topological polar surface area (TPSA) is 120 Å². The van der Waals surface area contributed by atoms with Crippen molar-refractivity contribution in [3.63, 3.8) is 0 Å². The highest BCUT2D eigenvalue weighted by Gasteiger charge is 2.39. The van der Waals surface area contributed by atoms with E-state index in [4.69, 9.17) is 60.3 Å². The summed E-state index contributed by atoms with van der Waals surface area (Å²) in [7, 11) is -5.51. The van der Waals surface area contributed by atoms with Crippen molar-refractivity contribution in [3.8, 4) is 0 Å². The van der Waals surface area contributed by atoms with Gasteiger partial charge in [0.05, 0.1) is 106 Å². The molecule has 52 heavy (non-hydrogen) atoms. The van der Waals surface area contributed by atoms with Crippen molar-refractivity contribution in [2.45, 2.75) is 90.9 Å². The molecular formula is C36H80O13Si3. The molecule has 0 aliphatic rings. The van der Waals surface area contributed by atoms with Gasteiger partial charge in [-0.2, -0.15) is 0 Å². The lowest BCUT2D eigenvalue weighted by atomic mass is 10.4. The van der Waals surface area contributed by atoms with Crippen LogP contribution in [0.2, 0.25) is 51.9 Å².